The van der Waals surface area contributed by atoms with Crippen LogP contribution in [0.2, 0.25) is 0 Å². The van der Waals surface area contributed by atoms with E-state index >= 15 is 0 Å². The quantitative estimate of drug-likeness (QED) is 0.514. The number of carbonyl (C=O) groups is 1. The largest absolute Gasteiger partial charge is 0.349 e. The SMILES string of the molecule is C[C@@H]1CC[C@@]2(OC1)OC1CC3C4CCC5=CC(=O)C=C[C@]5(C)C4CC[C@@]3(C)C1[C@@H]2C. The lowest BCUT2D eigenvalue weighted by Gasteiger charge is -2.57. The Kier molecular flexibility index (Phi) is 4.15. The summed E-state index contributed by atoms with van der Waals surface area (Å²) >= 11 is 0. The molecule has 30 heavy (non-hydrogen) atoms. The molecule has 0 radical (unpaired) electrons. The van der Waals surface area contributed by atoms with E-state index in [1.165, 1.54) is 37.7 Å². The molecule has 1 spiro atoms. The Bertz CT molecular complexity index is 818. The maximum absolute atomic E-state index is 12.0. The fraction of sp³-hybridized carbons (Fsp3) is 0.815. The average Bonchev–Trinajstić information content (AvgIpc) is 3.16. The van der Waals surface area contributed by atoms with Crippen LogP contribution in [0.1, 0.15) is 72.6 Å². The molecule has 0 bridgehead atoms. The zero-order chi connectivity index (χ0) is 20.9. The molecule has 5 fully saturated rings. The summed E-state index contributed by atoms with van der Waals surface area (Å²) in [5, 5.41) is 0. The van der Waals surface area contributed by atoms with E-state index in [-0.39, 0.29) is 17.0 Å². The fourth-order valence-corrected chi connectivity index (χ4v) is 9.21. The molecule has 5 unspecified atom stereocenters. The van der Waals surface area contributed by atoms with Gasteiger partial charge in [-0.15, -0.1) is 0 Å². The zero-order valence-electron chi connectivity index (χ0n) is 19.2. The highest BCUT2D eigenvalue weighted by Gasteiger charge is 2.68. The smallest absolute Gasteiger partial charge is 0.178 e. The molecule has 0 aromatic rings. The van der Waals surface area contributed by atoms with E-state index < -0.39 is 0 Å². The van der Waals surface area contributed by atoms with E-state index in [1.54, 1.807) is 0 Å². The van der Waals surface area contributed by atoms with Gasteiger partial charge in [0.05, 0.1) is 12.7 Å². The molecule has 3 saturated carbocycles. The predicted octanol–water partition coefficient (Wildman–Crippen LogP) is 5.70. The number of ether oxygens (including phenoxy) is 2. The van der Waals surface area contributed by atoms with Crippen molar-refractivity contribution in [1.29, 1.82) is 0 Å². The van der Waals surface area contributed by atoms with Gasteiger partial charge in [0.2, 0.25) is 0 Å². The summed E-state index contributed by atoms with van der Waals surface area (Å²) in [7, 11) is 0. The maximum atomic E-state index is 12.0. The summed E-state index contributed by atoms with van der Waals surface area (Å²) in [6, 6.07) is 0. The first-order chi connectivity index (χ1) is 14.3. The van der Waals surface area contributed by atoms with Crippen molar-refractivity contribution in [3.8, 4) is 0 Å². The monoisotopic (exact) mass is 410 g/mol. The molecule has 0 aromatic heterocycles. The van der Waals surface area contributed by atoms with Crippen molar-refractivity contribution in [3.63, 3.8) is 0 Å². The molecule has 0 amide bonds. The van der Waals surface area contributed by atoms with E-state index in [2.05, 4.69) is 33.8 Å². The summed E-state index contributed by atoms with van der Waals surface area (Å²) in [5.74, 6) is 3.83. The van der Waals surface area contributed by atoms with Gasteiger partial charge in [0.15, 0.2) is 11.6 Å². The highest BCUT2D eigenvalue weighted by atomic mass is 16.7. The van der Waals surface area contributed by atoms with Crippen LogP contribution in [-0.4, -0.2) is 24.3 Å². The van der Waals surface area contributed by atoms with Crippen LogP contribution >= 0.6 is 0 Å². The highest BCUT2D eigenvalue weighted by Crippen LogP contribution is 2.70. The van der Waals surface area contributed by atoms with Gasteiger partial charge < -0.3 is 9.47 Å². The van der Waals surface area contributed by atoms with Crippen LogP contribution in [0.4, 0.5) is 0 Å². The summed E-state index contributed by atoms with van der Waals surface area (Å²) in [5.41, 5.74) is 1.85. The summed E-state index contributed by atoms with van der Waals surface area (Å²) in [6.07, 6.45) is 14.8. The predicted molar refractivity (Wildman–Crippen MR) is 117 cm³/mol. The van der Waals surface area contributed by atoms with Crippen LogP contribution < -0.4 is 0 Å². The maximum Gasteiger partial charge on any atom is 0.178 e. The van der Waals surface area contributed by atoms with Crippen molar-refractivity contribution < 1.29 is 14.3 Å². The Morgan fingerprint density at radius 2 is 1.90 bits per heavy atom. The lowest BCUT2D eigenvalue weighted by atomic mass is 9.47. The topological polar surface area (TPSA) is 35.5 Å². The van der Waals surface area contributed by atoms with E-state index in [0.717, 1.165) is 31.3 Å². The lowest BCUT2D eigenvalue weighted by molar-refractivity contribution is -0.272. The Labute approximate surface area is 181 Å². The third-order valence-corrected chi connectivity index (χ3v) is 10.8. The fourth-order valence-electron chi connectivity index (χ4n) is 9.21. The van der Waals surface area contributed by atoms with Crippen molar-refractivity contribution in [1.82, 2.24) is 0 Å². The van der Waals surface area contributed by atoms with Gasteiger partial charge in [0, 0.05) is 17.8 Å². The number of hydrogen-bond acceptors (Lipinski definition) is 3. The van der Waals surface area contributed by atoms with Gasteiger partial charge in [-0.3, -0.25) is 4.79 Å². The number of rotatable bonds is 0. The molecule has 10 atom stereocenters. The van der Waals surface area contributed by atoms with Crippen LogP contribution in [0.5, 0.6) is 0 Å². The second kappa shape index (κ2) is 6.32. The molecule has 2 saturated heterocycles. The van der Waals surface area contributed by atoms with Gasteiger partial charge in [-0.2, -0.15) is 0 Å². The lowest BCUT2D eigenvalue weighted by Crippen LogP contribution is -2.52. The van der Waals surface area contributed by atoms with Gasteiger partial charge in [0.1, 0.15) is 0 Å². The van der Waals surface area contributed by atoms with Crippen molar-refractivity contribution in [2.75, 3.05) is 6.61 Å². The van der Waals surface area contributed by atoms with Crippen molar-refractivity contribution >= 4 is 5.78 Å². The number of fused-ring (bicyclic) bond motifs is 7. The number of allylic oxidation sites excluding steroid dienone is 4. The molecule has 6 aliphatic rings. The average molecular weight is 411 g/mol. The summed E-state index contributed by atoms with van der Waals surface area (Å²) < 4.78 is 13.3. The first-order valence-electron chi connectivity index (χ1n) is 12.5. The molecule has 2 heterocycles. The minimum Gasteiger partial charge on any atom is -0.349 e. The first-order valence-corrected chi connectivity index (χ1v) is 12.5. The molecule has 2 aliphatic heterocycles. The molecule has 3 nitrogen and oxygen atoms in total. The molecule has 4 aliphatic carbocycles. The molecular weight excluding hydrogens is 372 g/mol. The van der Waals surface area contributed by atoms with E-state index in [4.69, 9.17) is 9.47 Å². The van der Waals surface area contributed by atoms with Crippen molar-refractivity contribution in [3.05, 3.63) is 23.8 Å². The standard InChI is InChI=1S/C27H38O3/c1-16-7-12-27(29-15-16)17(2)24-23(30-27)14-22-20-6-5-18-13-19(28)8-10-25(18,3)21(20)9-11-26(22,24)4/h8,10,13,16-17,20-24H,5-7,9,11-12,14-15H2,1-4H3/t16-,17+,20?,21?,22?,23?,24?,25+,26-,27-/m1/s1. The molecular formula is C27H38O3. The van der Waals surface area contributed by atoms with Gasteiger partial charge >= 0.3 is 0 Å². The Morgan fingerprint density at radius 3 is 2.67 bits per heavy atom. The van der Waals surface area contributed by atoms with Crippen LogP contribution in [0.3, 0.4) is 0 Å². The van der Waals surface area contributed by atoms with E-state index in [0.29, 0.717) is 35.2 Å². The summed E-state index contributed by atoms with van der Waals surface area (Å²) in [6.45, 7) is 10.6. The third kappa shape index (κ3) is 2.43. The third-order valence-electron chi connectivity index (χ3n) is 10.8. The molecule has 3 heteroatoms. The number of ketones is 1. The number of hydrogen-bond donors (Lipinski definition) is 0. The molecule has 0 N–H and O–H groups in total. The van der Waals surface area contributed by atoms with Crippen LogP contribution in [-0.2, 0) is 14.3 Å². The van der Waals surface area contributed by atoms with Crippen molar-refractivity contribution in [2.24, 2.45) is 46.3 Å². The number of carbonyl (C=O) groups excluding carboxylic acids is 1. The Hall–Kier alpha value is -0.930. The van der Waals surface area contributed by atoms with Crippen LogP contribution in [0.25, 0.3) is 0 Å². The first kappa shape index (κ1) is 19.7. The second-order valence-electron chi connectivity index (χ2n) is 12.1. The zero-order valence-corrected chi connectivity index (χ0v) is 19.2. The van der Waals surface area contributed by atoms with Crippen LogP contribution in [0, 0.1) is 46.3 Å². The van der Waals surface area contributed by atoms with Gasteiger partial charge in [-0.1, -0.05) is 39.3 Å². The summed E-state index contributed by atoms with van der Waals surface area (Å²) in [4.78, 5) is 12.0. The Morgan fingerprint density at radius 1 is 1.07 bits per heavy atom. The Balaban J connectivity index is 1.29. The van der Waals surface area contributed by atoms with Gasteiger partial charge in [0.25, 0.3) is 0 Å². The normalized spacial score (nSPS) is 56.9. The molecule has 6 rings (SSSR count). The van der Waals surface area contributed by atoms with E-state index in [9.17, 15) is 4.79 Å². The molecule has 0 aromatic carbocycles. The minimum absolute atomic E-state index is 0.0895. The van der Waals surface area contributed by atoms with Crippen LogP contribution in [0.15, 0.2) is 23.8 Å². The highest BCUT2D eigenvalue weighted by molar-refractivity contribution is 6.01. The second-order valence-corrected chi connectivity index (χ2v) is 12.1. The van der Waals surface area contributed by atoms with E-state index in [1.807, 2.05) is 12.2 Å². The molecule has 164 valence electrons. The minimum atomic E-state index is -0.312. The van der Waals surface area contributed by atoms with Crippen molar-refractivity contribution in [2.45, 2.75) is 84.5 Å². The van der Waals surface area contributed by atoms with Gasteiger partial charge in [-0.25, -0.2) is 0 Å². The van der Waals surface area contributed by atoms with Gasteiger partial charge in [-0.05, 0) is 85.7 Å².